The lowest BCUT2D eigenvalue weighted by Gasteiger charge is -2.30. The van der Waals surface area contributed by atoms with Gasteiger partial charge in [0.2, 0.25) is 5.75 Å². The summed E-state index contributed by atoms with van der Waals surface area (Å²) in [5.74, 6) is 1.90. The van der Waals surface area contributed by atoms with Gasteiger partial charge in [0, 0.05) is 0 Å². The molecule has 1 aromatic carbocycles. The molecular weight excluding hydrogens is 348 g/mol. The number of benzene rings is 1. The second-order valence-corrected chi connectivity index (χ2v) is 7.93. The molecule has 0 saturated carbocycles. The number of quaternary nitrogens is 2. The lowest BCUT2D eigenvalue weighted by molar-refractivity contribution is -1.02. The number of carbonyl (C=O) groups is 1. The number of rotatable bonds is 7. The Balaban J connectivity index is 1.93. The van der Waals surface area contributed by atoms with E-state index in [4.69, 9.17) is 18.9 Å². The lowest BCUT2D eigenvalue weighted by Crippen LogP contribution is -3.27. The fourth-order valence-corrected chi connectivity index (χ4v) is 3.46. The summed E-state index contributed by atoms with van der Waals surface area (Å²) >= 11 is 0. The van der Waals surface area contributed by atoms with E-state index in [1.54, 1.807) is 21.3 Å². The predicted molar refractivity (Wildman–Crippen MR) is 102 cm³/mol. The first-order valence-electron chi connectivity index (χ1n) is 9.44. The predicted octanol–water partition coefficient (Wildman–Crippen LogP) is -0.662. The Morgan fingerprint density at radius 3 is 2.04 bits per heavy atom. The first-order chi connectivity index (χ1) is 12.8. The Morgan fingerprint density at radius 1 is 0.926 bits per heavy atom. The number of carbonyl (C=O) groups excluding carboxylic acids is 1. The highest BCUT2D eigenvalue weighted by molar-refractivity contribution is 5.70. The average molecular weight is 383 g/mol. The molecule has 0 radical (unpaired) electrons. The molecule has 7 heteroatoms. The molecule has 2 rings (SSSR count). The Labute approximate surface area is 162 Å². The van der Waals surface area contributed by atoms with E-state index in [0.29, 0.717) is 18.0 Å². The zero-order chi connectivity index (χ0) is 20.0. The van der Waals surface area contributed by atoms with E-state index in [-0.39, 0.29) is 5.97 Å². The number of ether oxygens (including phenoxy) is 4. The fraction of sp³-hybridized carbons (Fsp3) is 0.650. The van der Waals surface area contributed by atoms with E-state index in [0.717, 1.165) is 44.0 Å². The molecule has 0 unspecified atom stereocenters. The first kappa shape index (κ1) is 21.3. The van der Waals surface area contributed by atoms with Crippen molar-refractivity contribution in [3.05, 3.63) is 17.7 Å². The number of nitrogens with one attached hydrogen (secondary N) is 2. The first-order valence-corrected chi connectivity index (χ1v) is 9.44. The summed E-state index contributed by atoms with van der Waals surface area (Å²) in [6.45, 7) is 10.9. The van der Waals surface area contributed by atoms with Crippen molar-refractivity contribution in [3.63, 3.8) is 0 Å². The van der Waals surface area contributed by atoms with Gasteiger partial charge in [-0.1, -0.05) is 0 Å². The molecule has 1 saturated heterocycles. The van der Waals surface area contributed by atoms with Crippen molar-refractivity contribution < 1.29 is 33.5 Å². The maximum absolute atomic E-state index is 12.0. The molecule has 2 N–H and O–H groups in total. The highest BCUT2D eigenvalue weighted by atomic mass is 16.6. The van der Waals surface area contributed by atoms with Crippen LogP contribution in [0.1, 0.15) is 26.3 Å². The van der Waals surface area contributed by atoms with Gasteiger partial charge in [-0.3, -0.25) is 0 Å². The molecule has 0 aliphatic carbocycles. The van der Waals surface area contributed by atoms with Crippen LogP contribution in [0.5, 0.6) is 17.2 Å². The minimum Gasteiger partial charge on any atom is -0.493 e. The molecular formula is C20H34N2O5+2. The zero-order valence-electron chi connectivity index (χ0n) is 17.4. The third-order valence-electron chi connectivity index (χ3n) is 4.70. The van der Waals surface area contributed by atoms with Gasteiger partial charge in [-0.2, -0.15) is 0 Å². The second kappa shape index (κ2) is 9.28. The summed E-state index contributed by atoms with van der Waals surface area (Å²) in [7, 11) is 4.89. The van der Waals surface area contributed by atoms with Gasteiger partial charge < -0.3 is 28.7 Å². The van der Waals surface area contributed by atoms with E-state index in [1.165, 1.54) is 9.80 Å². The van der Waals surface area contributed by atoms with Crippen LogP contribution in [0.4, 0.5) is 0 Å². The molecule has 7 nitrogen and oxygen atoms in total. The van der Waals surface area contributed by atoms with E-state index in [1.807, 2.05) is 32.9 Å². The van der Waals surface area contributed by atoms with Crippen molar-refractivity contribution in [2.24, 2.45) is 0 Å². The molecule has 0 bridgehead atoms. The molecule has 152 valence electrons. The average Bonchev–Trinajstić information content (AvgIpc) is 2.61. The SMILES string of the molecule is COc1ccc(C[NH+]2CC[NH+](CC(=O)OC(C)(C)C)CC2)c(OC)c1OC. The second-order valence-electron chi connectivity index (χ2n) is 7.93. The van der Waals surface area contributed by atoms with Crippen molar-refractivity contribution in [1.82, 2.24) is 0 Å². The van der Waals surface area contributed by atoms with Crippen LogP contribution in [-0.4, -0.2) is 65.6 Å². The van der Waals surface area contributed by atoms with Crippen molar-refractivity contribution in [2.45, 2.75) is 32.9 Å². The Morgan fingerprint density at radius 2 is 1.52 bits per heavy atom. The summed E-state index contributed by atoms with van der Waals surface area (Å²) in [6, 6.07) is 3.95. The number of piperazine rings is 1. The normalized spacial score (nSPS) is 20.1. The smallest absolute Gasteiger partial charge is 0.362 e. The summed E-state index contributed by atoms with van der Waals surface area (Å²) in [4.78, 5) is 14.8. The molecule has 1 aliphatic heterocycles. The van der Waals surface area contributed by atoms with Crippen molar-refractivity contribution in [1.29, 1.82) is 0 Å². The molecule has 1 fully saturated rings. The van der Waals surface area contributed by atoms with Crippen LogP contribution in [0.25, 0.3) is 0 Å². The van der Waals surface area contributed by atoms with Crippen molar-refractivity contribution in [3.8, 4) is 17.2 Å². The molecule has 0 amide bonds. The van der Waals surface area contributed by atoms with Gasteiger partial charge in [-0.05, 0) is 32.9 Å². The molecule has 1 aliphatic rings. The highest BCUT2D eigenvalue weighted by Gasteiger charge is 2.28. The summed E-state index contributed by atoms with van der Waals surface area (Å²) in [6.07, 6.45) is 0. The Kier molecular flexibility index (Phi) is 7.33. The summed E-state index contributed by atoms with van der Waals surface area (Å²) in [5.41, 5.74) is 0.675. The van der Waals surface area contributed by atoms with Crippen LogP contribution < -0.4 is 24.0 Å². The molecule has 1 heterocycles. The third kappa shape index (κ3) is 6.01. The van der Waals surface area contributed by atoms with Crippen molar-refractivity contribution in [2.75, 3.05) is 54.1 Å². The molecule has 1 aromatic rings. The van der Waals surface area contributed by atoms with E-state index < -0.39 is 5.60 Å². The van der Waals surface area contributed by atoms with Gasteiger partial charge in [0.15, 0.2) is 18.0 Å². The highest BCUT2D eigenvalue weighted by Crippen LogP contribution is 2.39. The summed E-state index contributed by atoms with van der Waals surface area (Å²) < 4.78 is 21.8. The quantitative estimate of drug-likeness (QED) is 0.613. The lowest BCUT2D eigenvalue weighted by atomic mass is 10.1. The minimum absolute atomic E-state index is 0.123. The molecule has 0 spiro atoms. The Hall–Kier alpha value is -1.99. The molecule has 0 atom stereocenters. The largest absolute Gasteiger partial charge is 0.493 e. The standard InChI is InChI=1S/C20H32N2O5/c1-20(2,3)27-17(23)14-22-11-9-21(10-12-22)13-15-7-8-16(24-4)19(26-6)18(15)25-5/h7-8H,9-14H2,1-6H3/p+2. The zero-order valence-corrected chi connectivity index (χ0v) is 17.4. The van der Waals surface area contributed by atoms with Gasteiger partial charge in [0.25, 0.3) is 0 Å². The number of esters is 1. The monoisotopic (exact) mass is 382 g/mol. The molecule has 0 aromatic heterocycles. The van der Waals surface area contributed by atoms with Gasteiger partial charge in [-0.25, -0.2) is 4.79 Å². The Bertz CT molecular complexity index is 634. The maximum atomic E-state index is 12.0. The minimum atomic E-state index is -0.423. The van der Waals surface area contributed by atoms with E-state index in [2.05, 4.69) is 0 Å². The number of hydrogen-bond acceptors (Lipinski definition) is 5. The van der Waals surface area contributed by atoms with Crippen LogP contribution in [0.15, 0.2) is 12.1 Å². The van der Waals surface area contributed by atoms with Crippen LogP contribution in [0, 0.1) is 0 Å². The van der Waals surface area contributed by atoms with Crippen molar-refractivity contribution >= 4 is 5.97 Å². The number of methoxy groups -OCH3 is 3. The van der Waals surface area contributed by atoms with Crippen LogP contribution in [-0.2, 0) is 16.1 Å². The molecule has 27 heavy (non-hydrogen) atoms. The van der Waals surface area contributed by atoms with Crippen LogP contribution >= 0.6 is 0 Å². The number of hydrogen-bond donors (Lipinski definition) is 2. The summed E-state index contributed by atoms with van der Waals surface area (Å²) in [5, 5.41) is 0. The van der Waals surface area contributed by atoms with E-state index >= 15 is 0 Å². The van der Waals surface area contributed by atoms with Gasteiger partial charge in [0.1, 0.15) is 38.3 Å². The van der Waals surface area contributed by atoms with Gasteiger partial charge >= 0.3 is 5.97 Å². The van der Waals surface area contributed by atoms with Gasteiger partial charge in [-0.15, -0.1) is 0 Å². The topological polar surface area (TPSA) is 62.9 Å². The van der Waals surface area contributed by atoms with Crippen LogP contribution in [0.2, 0.25) is 0 Å². The fourth-order valence-electron chi connectivity index (χ4n) is 3.46. The van der Waals surface area contributed by atoms with Gasteiger partial charge in [0.05, 0.1) is 26.9 Å². The third-order valence-corrected chi connectivity index (χ3v) is 4.70. The van der Waals surface area contributed by atoms with Crippen LogP contribution in [0.3, 0.4) is 0 Å². The van der Waals surface area contributed by atoms with E-state index in [9.17, 15) is 4.79 Å². The maximum Gasteiger partial charge on any atom is 0.362 e.